The second-order valence-electron chi connectivity index (χ2n) is 23.4. The average molecular weight is 1450 g/mol. The van der Waals surface area contributed by atoms with E-state index in [1.807, 2.05) is 0 Å². The van der Waals surface area contributed by atoms with Crippen LogP contribution in [0.5, 0.6) is 0 Å². The molecule has 0 amide bonds. The average Bonchev–Trinajstić information content (AvgIpc) is 0.790. The van der Waals surface area contributed by atoms with Crippen molar-refractivity contribution in [3.8, 4) is 0 Å². The molecule has 14 bridgehead atoms. The molecule has 0 aromatic rings. The molecule has 21 heterocycles. The van der Waals surface area contributed by atoms with Crippen molar-refractivity contribution < 1.29 is 258 Å². The SMILES string of the molecule is O=S(=O)([O-])CCCCOCC1OC2OC3C(CO)OC(OC4C(CO)OC(OC5C(COCCCCS(=O)(=O)[O-])OC(OC6C(CO)OC(OC7C(CO)OC(OC8C(CO)OC(OC1C(O)C2O)C(O)C8O)C(O)C7O)C(O)C6O)C(O)C5O)C(O)C4O)C(O)C3O.[Na+].[Na+]. The first kappa shape index (κ1) is 84.4. The Morgan fingerprint density at radius 3 is 0.600 bits per heavy atom. The van der Waals surface area contributed by atoms with Crippen molar-refractivity contribution in [2.24, 2.45) is 0 Å². The zero-order valence-corrected chi connectivity index (χ0v) is 56.7. The quantitative estimate of drug-likeness (QED) is 0.0324. The van der Waals surface area contributed by atoms with Crippen LogP contribution in [0.2, 0.25) is 0 Å². The topological polar surface area (TPSA) is 646 Å². The maximum Gasteiger partial charge on any atom is 1.00 e. The Morgan fingerprint density at radius 2 is 0.432 bits per heavy atom. The van der Waals surface area contributed by atoms with E-state index in [9.17, 15) is 123 Å². The Balaban J connectivity index is 0.00000714. The summed E-state index contributed by atoms with van der Waals surface area (Å²) in [5.41, 5.74) is 0. The Morgan fingerprint density at radius 1 is 0.263 bits per heavy atom. The molecule has 21 rings (SSSR count). The standard InChI is InChI=1S/C50H86O41S2.2Na/c51-9-16-37-23(56)30(63)44(78-16)86-38-17(10-52)81-47(33(66)26(38)59)90-42-21(14-76-5-1-3-7-92(70,71)72)84-50(36(69)29(42)62)89-41-20(13-55)80-46(32(65)25(41)58)87-39-18(11-53)82-48(34(67)27(39)60)91-43-22(15-77-6-2-4-8-93(73,74)75)83-49(35(68)28(43)61)88-40-19(12-54)79-45(85-37)31(64)24(40)57;;/h16-69H,1-15H2,(H,70,71,72)(H,73,74,75);;/q;2*+1/p-2. The molecule has 0 aromatic heterocycles. The van der Waals surface area contributed by atoms with Crippen LogP contribution in [0.4, 0.5) is 0 Å². The molecule has 544 valence electrons. The summed E-state index contributed by atoms with van der Waals surface area (Å²) in [6, 6.07) is 0. The van der Waals surface area contributed by atoms with Crippen LogP contribution in [0.15, 0.2) is 0 Å². The van der Waals surface area contributed by atoms with Gasteiger partial charge in [0.1, 0.15) is 171 Å². The molecule has 21 aliphatic heterocycles. The van der Waals surface area contributed by atoms with Gasteiger partial charge in [-0.05, 0) is 25.7 Å². The van der Waals surface area contributed by atoms with E-state index in [0.717, 1.165) is 0 Å². The van der Waals surface area contributed by atoms with Gasteiger partial charge in [-0.2, -0.15) is 0 Å². The smallest absolute Gasteiger partial charge is 0.748 e. The molecule has 21 aliphatic rings. The van der Waals surface area contributed by atoms with Crippen molar-refractivity contribution in [3.05, 3.63) is 0 Å². The largest absolute Gasteiger partial charge is 1.00 e. The van der Waals surface area contributed by atoms with Crippen LogP contribution >= 0.6 is 0 Å². The third-order valence-electron chi connectivity index (χ3n) is 16.9. The van der Waals surface area contributed by atoms with Gasteiger partial charge in [0.2, 0.25) is 0 Å². The third kappa shape index (κ3) is 20.5. The zero-order chi connectivity index (χ0) is 68.1. The summed E-state index contributed by atoms with van der Waals surface area (Å²) >= 11 is 0. The summed E-state index contributed by atoms with van der Waals surface area (Å²) in [6.45, 7) is -7.50. The predicted molar refractivity (Wildman–Crippen MR) is 283 cm³/mol. The molecule has 35 unspecified atom stereocenters. The van der Waals surface area contributed by atoms with E-state index in [1.165, 1.54) is 0 Å². The van der Waals surface area contributed by atoms with Crippen molar-refractivity contribution >= 4 is 20.2 Å². The van der Waals surface area contributed by atoms with E-state index < -0.39 is 293 Å². The second kappa shape index (κ2) is 37.4. The molecule has 19 N–H and O–H groups in total. The van der Waals surface area contributed by atoms with Gasteiger partial charge in [0.15, 0.2) is 44.0 Å². The van der Waals surface area contributed by atoms with Crippen LogP contribution in [-0.2, 0) is 96.0 Å². The number of unbranched alkanes of at least 4 members (excludes halogenated alkanes) is 2. The number of aliphatic hydroxyl groups is 19. The van der Waals surface area contributed by atoms with E-state index >= 15 is 0 Å². The zero-order valence-electron chi connectivity index (χ0n) is 51.1. The normalized spacial score (nSPS) is 47.2. The number of ether oxygens (including phenoxy) is 16. The van der Waals surface area contributed by atoms with Crippen LogP contribution < -0.4 is 59.1 Å². The maximum atomic E-state index is 11.7. The van der Waals surface area contributed by atoms with Gasteiger partial charge in [0.05, 0.1) is 66.5 Å². The van der Waals surface area contributed by atoms with Crippen LogP contribution in [0, 0.1) is 0 Å². The van der Waals surface area contributed by atoms with Crippen LogP contribution in [-0.4, -0.2) is 409 Å². The summed E-state index contributed by atoms with van der Waals surface area (Å²) in [4.78, 5) is 0. The van der Waals surface area contributed by atoms with Crippen molar-refractivity contribution in [1.29, 1.82) is 0 Å². The van der Waals surface area contributed by atoms with Gasteiger partial charge < -0.3 is 182 Å². The predicted octanol–water partition coefficient (Wildman–Crippen LogP) is -20.5. The van der Waals surface area contributed by atoms with Crippen LogP contribution in [0.3, 0.4) is 0 Å². The fourth-order valence-corrected chi connectivity index (χ4v) is 12.9. The maximum absolute atomic E-state index is 11.7. The summed E-state index contributed by atoms with van der Waals surface area (Å²) < 4.78 is 160. The molecule has 0 saturated carbocycles. The van der Waals surface area contributed by atoms with E-state index in [2.05, 4.69) is 0 Å². The summed E-state index contributed by atoms with van der Waals surface area (Å²) in [5, 5.41) is 214. The molecular formula is C50H84Na2O41S2. The first-order valence-electron chi connectivity index (χ1n) is 29.7. The van der Waals surface area contributed by atoms with E-state index in [1.54, 1.807) is 0 Å². The number of aliphatic hydroxyl groups excluding tert-OH is 19. The third-order valence-corrected chi connectivity index (χ3v) is 18.4. The minimum atomic E-state index is -4.63. The Kier molecular flexibility index (Phi) is 33.2. The van der Waals surface area contributed by atoms with Crippen molar-refractivity contribution in [3.63, 3.8) is 0 Å². The number of hydrogen-bond donors (Lipinski definition) is 19. The Labute approximate surface area is 586 Å². The molecule has 21 fully saturated rings. The van der Waals surface area contributed by atoms with Crippen molar-refractivity contribution in [2.45, 2.75) is 241 Å². The first-order valence-corrected chi connectivity index (χ1v) is 32.9. The summed E-state index contributed by atoms with van der Waals surface area (Å²) in [7, 11) is -9.27. The van der Waals surface area contributed by atoms with Gasteiger partial charge in [-0.25, -0.2) is 16.8 Å². The number of hydrogen-bond acceptors (Lipinski definition) is 41. The van der Waals surface area contributed by atoms with Crippen LogP contribution in [0.25, 0.3) is 0 Å². The van der Waals surface area contributed by atoms with Crippen molar-refractivity contribution in [2.75, 3.05) is 71.0 Å². The molecular weight excluding hydrogens is 1370 g/mol. The second-order valence-corrected chi connectivity index (χ2v) is 26.4. The van der Waals surface area contributed by atoms with Crippen LogP contribution in [0.1, 0.15) is 25.7 Å². The van der Waals surface area contributed by atoms with E-state index in [0.29, 0.717) is 0 Å². The molecule has 95 heavy (non-hydrogen) atoms. The molecule has 41 nitrogen and oxygen atoms in total. The van der Waals surface area contributed by atoms with Gasteiger partial charge in [0, 0.05) is 24.7 Å². The minimum Gasteiger partial charge on any atom is -0.748 e. The van der Waals surface area contributed by atoms with Gasteiger partial charge in [-0.15, -0.1) is 0 Å². The van der Waals surface area contributed by atoms with Crippen molar-refractivity contribution in [1.82, 2.24) is 0 Å². The van der Waals surface area contributed by atoms with Gasteiger partial charge in [-0.1, -0.05) is 0 Å². The van der Waals surface area contributed by atoms with Gasteiger partial charge >= 0.3 is 59.1 Å². The Hall–Kier alpha value is 0.420. The minimum absolute atomic E-state index is 0. The molecule has 21 saturated heterocycles. The molecule has 45 heteroatoms. The van der Waals surface area contributed by atoms with Gasteiger partial charge in [-0.3, -0.25) is 0 Å². The fourth-order valence-electron chi connectivity index (χ4n) is 11.8. The number of rotatable bonds is 19. The molecule has 0 aliphatic carbocycles. The molecule has 0 spiro atoms. The molecule has 35 atom stereocenters. The van der Waals surface area contributed by atoms with E-state index in [-0.39, 0.29) is 98.0 Å². The monoisotopic (exact) mass is 1450 g/mol. The Bertz CT molecular complexity index is 2460. The molecule has 0 aromatic carbocycles. The fraction of sp³-hybridized carbons (Fsp3) is 1.00. The van der Waals surface area contributed by atoms with E-state index in [4.69, 9.17) is 75.8 Å². The first-order chi connectivity index (χ1) is 43.9. The summed E-state index contributed by atoms with van der Waals surface area (Å²) in [6.07, 6.45) is -73.1. The summed E-state index contributed by atoms with van der Waals surface area (Å²) in [5.74, 6) is -1.55. The van der Waals surface area contributed by atoms with Gasteiger partial charge in [0.25, 0.3) is 0 Å². The molecule has 0 radical (unpaired) electrons.